The number of rotatable bonds is 10. The molecule has 1 aromatic carbocycles. The molecule has 0 fully saturated rings. The van der Waals surface area contributed by atoms with Crippen molar-refractivity contribution in [2.24, 2.45) is 10.7 Å². The lowest BCUT2D eigenvalue weighted by Crippen LogP contribution is -2.40. The zero-order valence-corrected chi connectivity index (χ0v) is 20.1. The van der Waals surface area contributed by atoms with Crippen molar-refractivity contribution in [1.82, 2.24) is 5.32 Å². The molecule has 0 heterocycles. The second-order valence-corrected chi connectivity index (χ2v) is 9.73. The van der Waals surface area contributed by atoms with Crippen molar-refractivity contribution in [3.63, 3.8) is 0 Å². The Morgan fingerprint density at radius 1 is 1.18 bits per heavy atom. The van der Waals surface area contributed by atoms with Crippen LogP contribution in [0.5, 0.6) is 5.75 Å². The number of benzene rings is 1. The van der Waals surface area contributed by atoms with E-state index in [2.05, 4.69) is 10.3 Å². The highest BCUT2D eigenvalue weighted by Gasteiger charge is 2.27. The molecule has 1 aromatic rings. The lowest BCUT2D eigenvalue weighted by molar-refractivity contribution is 0.179. The van der Waals surface area contributed by atoms with Gasteiger partial charge in [0.15, 0.2) is 5.96 Å². The highest BCUT2D eigenvalue weighted by molar-refractivity contribution is 14.0. The summed E-state index contributed by atoms with van der Waals surface area (Å²) in [5, 5.41) is 2.96. The number of hydrogen-bond acceptors (Lipinski definition) is 7. The fraction of sp³-hybridized carbons (Fsp3) is 0.533. The van der Waals surface area contributed by atoms with Crippen LogP contribution in [0, 0.1) is 0 Å². The summed E-state index contributed by atoms with van der Waals surface area (Å²) in [6.45, 7) is 2.94. The average Bonchev–Trinajstić information content (AvgIpc) is 2.50. The number of nitrogens with one attached hydrogen (secondary N) is 1. The van der Waals surface area contributed by atoms with Crippen molar-refractivity contribution < 1.29 is 26.3 Å². The van der Waals surface area contributed by atoms with Crippen molar-refractivity contribution in [1.29, 1.82) is 0 Å². The van der Waals surface area contributed by atoms with Crippen LogP contribution in [0.3, 0.4) is 0 Å². The number of nitrogens with two attached hydrogens (primary N) is 1. The van der Waals surface area contributed by atoms with Gasteiger partial charge in [-0.3, -0.25) is 0 Å². The maximum atomic E-state index is 11.7. The van der Waals surface area contributed by atoms with Crippen LogP contribution >= 0.6 is 24.0 Å². The molecule has 1 unspecified atom stereocenters. The van der Waals surface area contributed by atoms with Crippen molar-refractivity contribution in [3.05, 3.63) is 24.3 Å². The molecular weight excluding hydrogens is 523 g/mol. The predicted molar refractivity (Wildman–Crippen MR) is 120 cm³/mol. The third kappa shape index (κ3) is 9.25. The molecule has 28 heavy (non-hydrogen) atoms. The molecule has 162 valence electrons. The second kappa shape index (κ2) is 11.6. The average molecular weight is 550 g/mol. The first-order chi connectivity index (χ1) is 12.4. The molecule has 0 aliphatic carbocycles. The van der Waals surface area contributed by atoms with E-state index in [1.165, 1.54) is 24.3 Å². The monoisotopic (exact) mass is 550 g/mol. The fourth-order valence-electron chi connectivity index (χ4n) is 2.21. The van der Waals surface area contributed by atoms with Gasteiger partial charge in [-0.1, -0.05) is 0 Å². The SMILES string of the molecule is COCC(C)NC(N)=NCCOc1ccc(N(S(C)(=O)=O)S(C)(=O)=O)cc1.I. The van der Waals surface area contributed by atoms with E-state index in [-0.39, 0.29) is 48.3 Å². The molecule has 0 aliphatic rings. The van der Waals surface area contributed by atoms with Crippen LogP contribution in [0.4, 0.5) is 5.69 Å². The summed E-state index contributed by atoms with van der Waals surface area (Å²) in [7, 11) is -6.36. The quantitative estimate of drug-likeness (QED) is 0.184. The number of methoxy groups -OCH3 is 1. The first kappa shape index (κ1) is 26.7. The summed E-state index contributed by atoms with van der Waals surface area (Å²) >= 11 is 0. The number of halogens is 1. The first-order valence-electron chi connectivity index (χ1n) is 7.94. The Balaban J connectivity index is 0.00000729. The van der Waals surface area contributed by atoms with Crippen LogP contribution < -0.4 is 19.5 Å². The molecule has 13 heteroatoms. The number of sulfonamides is 2. The second-order valence-electron chi connectivity index (χ2n) is 5.83. The van der Waals surface area contributed by atoms with Gasteiger partial charge in [0.25, 0.3) is 0 Å². The standard InChI is InChI=1S/C15H26N4O6S2.HI/c1-12(11-24-2)18-15(16)17-9-10-25-14-7-5-13(6-8-14)19(26(3,20)21)27(4,22)23;/h5-8,12H,9-11H2,1-4H3,(H3,16,17,18);1H. The van der Waals surface area contributed by atoms with Crippen LogP contribution in [0.25, 0.3) is 0 Å². The third-order valence-corrected chi connectivity index (χ3v) is 6.35. The number of guanidine groups is 1. The summed E-state index contributed by atoms with van der Waals surface area (Å²) < 4.78 is 57.7. The molecule has 1 atom stereocenters. The summed E-state index contributed by atoms with van der Waals surface area (Å²) in [6, 6.07) is 5.68. The summed E-state index contributed by atoms with van der Waals surface area (Å²) in [4.78, 5) is 4.11. The van der Waals surface area contributed by atoms with E-state index in [0.717, 1.165) is 12.5 Å². The Morgan fingerprint density at radius 2 is 1.71 bits per heavy atom. The largest absolute Gasteiger partial charge is 0.492 e. The maximum absolute atomic E-state index is 11.7. The van der Waals surface area contributed by atoms with Gasteiger partial charge in [0.2, 0.25) is 20.0 Å². The number of nitrogens with zero attached hydrogens (tertiary/aromatic N) is 2. The normalized spacial score (nSPS) is 13.4. The molecule has 0 radical (unpaired) electrons. The van der Waals surface area contributed by atoms with Crippen molar-refractivity contribution in [2.75, 3.05) is 43.1 Å². The third-order valence-electron chi connectivity index (χ3n) is 3.10. The minimum absolute atomic E-state index is 0. The molecule has 0 spiro atoms. The van der Waals surface area contributed by atoms with E-state index >= 15 is 0 Å². The molecule has 0 aromatic heterocycles. The van der Waals surface area contributed by atoms with Crippen LogP contribution in [0.1, 0.15) is 6.92 Å². The van der Waals surface area contributed by atoms with E-state index in [1.807, 2.05) is 6.92 Å². The van der Waals surface area contributed by atoms with Gasteiger partial charge in [-0.25, -0.2) is 21.8 Å². The van der Waals surface area contributed by atoms with Crippen molar-refractivity contribution in [3.8, 4) is 5.75 Å². The lowest BCUT2D eigenvalue weighted by atomic mass is 10.3. The Bertz CT molecular complexity index is 812. The Kier molecular flexibility index (Phi) is 11.1. The predicted octanol–water partition coefficient (Wildman–Crippen LogP) is 0.348. The Labute approximate surface area is 183 Å². The molecule has 0 saturated heterocycles. The Morgan fingerprint density at radius 3 is 2.18 bits per heavy atom. The van der Waals surface area contributed by atoms with Crippen LogP contribution in [0.2, 0.25) is 0 Å². The van der Waals surface area contributed by atoms with Crippen molar-refractivity contribution >= 4 is 55.7 Å². The molecule has 0 amide bonds. The van der Waals surface area contributed by atoms with Gasteiger partial charge < -0.3 is 20.5 Å². The molecular formula is C15H27IN4O6S2. The molecule has 0 bridgehead atoms. The van der Waals surface area contributed by atoms with Gasteiger partial charge >= 0.3 is 0 Å². The van der Waals surface area contributed by atoms with Gasteiger partial charge in [0.1, 0.15) is 12.4 Å². The topological polar surface area (TPSA) is 140 Å². The summed E-state index contributed by atoms with van der Waals surface area (Å²) in [5.41, 5.74) is 5.73. The van der Waals surface area contributed by atoms with Gasteiger partial charge in [-0.05, 0) is 31.2 Å². The van der Waals surface area contributed by atoms with Crippen LogP contribution in [0.15, 0.2) is 29.3 Å². The molecule has 0 saturated carbocycles. The van der Waals surface area contributed by atoms with Gasteiger partial charge in [-0.15, -0.1) is 24.0 Å². The highest BCUT2D eigenvalue weighted by Crippen LogP contribution is 2.23. The van der Waals surface area contributed by atoms with E-state index in [1.54, 1.807) is 7.11 Å². The number of anilines is 1. The van der Waals surface area contributed by atoms with Gasteiger partial charge in [-0.2, -0.15) is 3.71 Å². The molecule has 3 N–H and O–H groups in total. The molecule has 0 aliphatic heterocycles. The number of aliphatic imine (C=N–C) groups is 1. The van der Waals surface area contributed by atoms with Crippen LogP contribution in [-0.4, -0.2) is 68.2 Å². The minimum Gasteiger partial charge on any atom is -0.492 e. The van der Waals surface area contributed by atoms with E-state index in [4.69, 9.17) is 15.2 Å². The maximum Gasteiger partial charge on any atom is 0.245 e. The zero-order valence-electron chi connectivity index (χ0n) is 16.2. The van der Waals surface area contributed by atoms with Gasteiger partial charge in [0, 0.05) is 13.2 Å². The first-order valence-corrected chi connectivity index (χ1v) is 11.6. The minimum atomic E-state index is -3.98. The van der Waals surface area contributed by atoms with E-state index < -0.39 is 20.0 Å². The fourth-order valence-corrected chi connectivity index (χ4v) is 5.19. The molecule has 1 rings (SSSR count). The smallest absolute Gasteiger partial charge is 0.245 e. The molecule has 10 nitrogen and oxygen atoms in total. The lowest BCUT2D eigenvalue weighted by Gasteiger charge is -2.19. The number of hydrogen-bond donors (Lipinski definition) is 2. The zero-order chi connectivity index (χ0) is 20.7. The summed E-state index contributed by atoms with van der Waals surface area (Å²) in [5.74, 6) is 0.714. The van der Waals surface area contributed by atoms with Gasteiger partial charge in [0.05, 0.1) is 31.4 Å². The number of ether oxygens (including phenoxy) is 2. The summed E-state index contributed by atoms with van der Waals surface area (Å²) in [6.07, 6.45) is 1.64. The van der Waals surface area contributed by atoms with Crippen molar-refractivity contribution in [2.45, 2.75) is 13.0 Å². The van der Waals surface area contributed by atoms with E-state index in [9.17, 15) is 16.8 Å². The Hall–Kier alpha value is -1.32. The van der Waals surface area contributed by atoms with E-state index in [0.29, 0.717) is 22.6 Å². The highest BCUT2D eigenvalue weighted by atomic mass is 127. The van der Waals surface area contributed by atoms with Crippen LogP contribution in [-0.2, 0) is 24.8 Å².